The molecule has 0 aliphatic carbocycles. The molecular formula is C14H19NO. The van der Waals surface area contributed by atoms with Gasteiger partial charge in [-0.25, -0.2) is 0 Å². The summed E-state index contributed by atoms with van der Waals surface area (Å²) in [4.78, 5) is 0. The molecule has 2 nitrogen and oxygen atoms in total. The molecule has 2 N–H and O–H groups in total. The van der Waals surface area contributed by atoms with Gasteiger partial charge >= 0.3 is 0 Å². The molecule has 0 aliphatic heterocycles. The molecule has 0 unspecified atom stereocenters. The second kappa shape index (κ2) is 6.19. The van der Waals surface area contributed by atoms with Gasteiger partial charge in [0, 0.05) is 0 Å². The summed E-state index contributed by atoms with van der Waals surface area (Å²) in [6.45, 7) is 7.06. The van der Waals surface area contributed by atoms with Gasteiger partial charge in [-0.15, -0.1) is 5.92 Å². The van der Waals surface area contributed by atoms with Gasteiger partial charge < -0.3 is 10.5 Å². The van der Waals surface area contributed by atoms with E-state index in [2.05, 4.69) is 37.8 Å². The summed E-state index contributed by atoms with van der Waals surface area (Å²) in [5.74, 6) is 6.66. The Labute approximate surface area is 97.8 Å². The van der Waals surface area contributed by atoms with Crippen LogP contribution in [0.5, 0.6) is 5.75 Å². The van der Waals surface area contributed by atoms with Crippen molar-refractivity contribution >= 4 is 0 Å². The highest BCUT2D eigenvalue weighted by Crippen LogP contribution is 2.24. The van der Waals surface area contributed by atoms with E-state index in [-0.39, 0.29) is 0 Å². The molecule has 16 heavy (non-hydrogen) atoms. The van der Waals surface area contributed by atoms with Crippen LogP contribution in [0.15, 0.2) is 12.1 Å². The molecule has 0 saturated heterocycles. The fourth-order valence-electron chi connectivity index (χ4n) is 1.76. The van der Waals surface area contributed by atoms with Gasteiger partial charge in [-0.05, 0) is 50.4 Å². The smallest absolute Gasteiger partial charge is 0.149 e. The molecular weight excluding hydrogens is 198 g/mol. The van der Waals surface area contributed by atoms with Crippen LogP contribution in [-0.4, -0.2) is 13.2 Å². The summed E-state index contributed by atoms with van der Waals surface area (Å²) in [6.07, 6.45) is 0.913. The highest BCUT2D eigenvalue weighted by atomic mass is 16.5. The molecule has 0 aliphatic rings. The Morgan fingerprint density at radius 1 is 1.25 bits per heavy atom. The van der Waals surface area contributed by atoms with Crippen molar-refractivity contribution in [3.63, 3.8) is 0 Å². The summed E-state index contributed by atoms with van der Waals surface area (Å²) in [7, 11) is 0. The summed E-state index contributed by atoms with van der Waals surface area (Å²) >= 11 is 0. The van der Waals surface area contributed by atoms with Gasteiger partial charge in [0.1, 0.15) is 12.4 Å². The van der Waals surface area contributed by atoms with Crippen LogP contribution in [0.4, 0.5) is 0 Å². The molecule has 0 bridgehead atoms. The Kier molecular flexibility index (Phi) is 4.88. The first kappa shape index (κ1) is 12.6. The average Bonchev–Trinajstić information content (AvgIpc) is 2.23. The van der Waals surface area contributed by atoms with Crippen LogP contribution >= 0.6 is 0 Å². The summed E-state index contributed by atoms with van der Waals surface area (Å²) in [5.41, 5.74) is 9.13. The third-order valence-electron chi connectivity index (χ3n) is 2.42. The van der Waals surface area contributed by atoms with Crippen molar-refractivity contribution < 1.29 is 4.74 Å². The molecule has 1 aromatic rings. The number of nitrogens with two attached hydrogens (primary N) is 1. The lowest BCUT2D eigenvalue weighted by Gasteiger charge is -2.12. The SMILES string of the molecule is CC#CCOc1c(C)cc(CCN)cc1C. The van der Waals surface area contributed by atoms with Gasteiger partial charge in [-0.1, -0.05) is 18.1 Å². The highest BCUT2D eigenvalue weighted by Gasteiger charge is 2.05. The van der Waals surface area contributed by atoms with Gasteiger partial charge in [0.2, 0.25) is 0 Å². The van der Waals surface area contributed by atoms with Crippen LogP contribution < -0.4 is 10.5 Å². The minimum atomic E-state index is 0.453. The zero-order valence-electron chi connectivity index (χ0n) is 10.3. The lowest BCUT2D eigenvalue weighted by Crippen LogP contribution is -2.04. The predicted molar refractivity (Wildman–Crippen MR) is 67.6 cm³/mol. The monoisotopic (exact) mass is 217 g/mol. The Morgan fingerprint density at radius 2 is 1.88 bits per heavy atom. The van der Waals surface area contributed by atoms with Gasteiger partial charge in [0.25, 0.3) is 0 Å². The van der Waals surface area contributed by atoms with E-state index >= 15 is 0 Å². The summed E-state index contributed by atoms with van der Waals surface area (Å²) in [6, 6.07) is 4.27. The number of ether oxygens (including phenoxy) is 1. The molecule has 1 rings (SSSR count). The van der Waals surface area contributed by atoms with Gasteiger partial charge in [0.15, 0.2) is 0 Å². The number of hydrogen-bond donors (Lipinski definition) is 1. The van der Waals surface area contributed by atoms with E-state index in [1.54, 1.807) is 0 Å². The van der Waals surface area contributed by atoms with Crippen LogP contribution in [-0.2, 0) is 6.42 Å². The van der Waals surface area contributed by atoms with Gasteiger partial charge in [-0.3, -0.25) is 0 Å². The molecule has 0 aromatic heterocycles. The Bertz CT molecular complexity index is 389. The fourth-order valence-corrected chi connectivity index (χ4v) is 1.76. The topological polar surface area (TPSA) is 35.2 Å². The standard InChI is InChI=1S/C14H19NO/c1-4-5-8-16-14-11(2)9-13(6-7-15)10-12(14)3/h9-10H,6-8,15H2,1-3H3. The van der Waals surface area contributed by atoms with Crippen molar-refractivity contribution in [1.29, 1.82) is 0 Å². The summed E-state index contributed by atoms with van der Waals surface area (Å²) < 4.78 is 5.64. The normalized spacial score (nSPS) is 9.50. The second-order valence-electron chi connectivity index (χ2n) is 3.81. The molecule has 86 valence electrons. The Hall–Kier alpha value is -1.46. The van der Waals surface area contributed by atoms with Crippen molar-refractivity contribution in [3.05, 3.63) is 28.8 Å². The van der Waals surface area contributed by atoms with Crippen molar-refractivity contribution in [2.45, 2.75) is 27.2 Å². The fraction of sp³-hybridized carbons (Fsp3) is 0.429. The third-order valence-corrected chi connectivity index (χ3v) is 2.42. The first-order valence-electron chi connectivity index (χ1n) is 5.51. The van der Waals surface area contributed by atoms with Crippen molar-refractivity contribution in [1.82, 2.24) is 0 Å². The van der Waals surface area contributed by atoms with Gasteiger partial charge in [-0.2, -0.15) is 0 Å². The van der Waals surface area contributed by atoms with Crippen LogP contribution in [0.25, 0.3) is 0 Å². The van der Waals surface area contributed by atoms with Crippen LogP contribution in [0, 0.1) is 25.7 Å². The highest BCUT2D eigenvalue weighted by molar-refractivity contribution is 5.43. The van der Waals surface area contributed by atoms with Crippen molar-refractivity contribution in [2.24, 2.45) is 5.73 Å². The quantitative estimate of drug-likeness (QED) is 0.785. The summed E-state index contributed by atoms with van der Waals surface area (Å²) in [5, 5.41) is 0. The van der Waals surface area contributed by atoms with Gasteiger partial charge in [0.05, 0.1) is 0 Å². The second-order valence-corrected chi connectivity index (χ2v) is 3.81. The first-order chi connectivity index (χ1) is 7.69. The first-order valence-corrected chi connectivity index (χ1v) is 5.51. The largest absolute Gasteiger partial charge is 0.480 e. The minimum absolute atomic E-state index is 0.453. The number of rotatable bonds is 4. The minimum Gasteiger partial charge on any atom is -0.480 e. The van der Waals surface area contributed by atoms with Crippen LogP contribution in [0.3, 0.4) is 0 Å². The molecule has 0 fully saturated rings. The zero-order chi connectivity index (χ0) is 12.0. The number of hydrogen-bond acceptors (Lipinski definition) is 2. The van der Waals surface area contributed by atoms with E-state index in [0.717, 1.165) is 23.3 Å². The Morgan fingerprint density at radius 3 is 2.38 bits per heavy atom. The average molecular weight is 217 g/mol. The number of aryl methyl sites for hydroxylation is 2. The van der Waals surface area contributed by atoms with E-state index in [1.807, 2.05) is 6.92 Å². The van der Waals surface area contributed by atoms with E-state index in [4.69, 9.17) is 10.5 Å². The lowest BCUT2D eigenvalue weighted by atomic mass is 10.0. The van der Waals surface area contributed by atoms with Crippen LogP contribution in [0.1, 0.15) is 23.6 Å². The zero-order valence-corrected chi connectivity index (χ0v) is 10.3. The molecule has 0 heterocycles. The van der Waals surface area contributed by atoms with Crippen molar-refractivity contribution in [2.75, 3.05) is 13.2 Å². The maximum Gasteiger partial charge on any atom is 0.149 e. The maximum atomic E-state index is 5.64. The molecule has 0 atom stereocenters. The molecule has 0 saturated carbocycles. The molecule has 1 aromatic carbocycles. The predicted octanol–water partition coefficient (Wildman–Crippen LogP) is 2.21. The maximum absolute atomic E-state index is 5.64. The van der Waals surface area contributed by atoms with E-state index < -0.39 is 0 Å². The van der Waals surface area contributed by atoms with E-state index in [9.17, 15) is 0 Å². The lowest BCUT2D eigenvalue weighted by molar-refractivity contribution is 0.364. The van der Waals surface area contributed by atoms with E-state index in [0.29, 0.717) is 13.2 Å². The van der Waals surface area contributed by atoms with E-state index in [1.165, 1.54) is 5.56 Å². The van der Waals surface area contributed by atoms with Crippen LogP contribution in [0.2, 0.25) is 0 Å². The molecule has 0 radical (unpaired) electrons. The molecule has 2 heteroatoms. The van der Waals surface area contributed by atoms with Crippen molar-refractivity contribution in [3.8, 4) is 17.6 Å². The number of benzene rings is 1. The third kappa shape index (κ3) is 3.29. The Balaban J connectivity index is 2.87. The molecule has 0 spiro atoms. The molecule has 0 amide bonds.